The zero-order valence-electron chi connectivity index (χ0n) is 9.02. The fourth-order valence-electron chi connectivity index (χ4n) is 1.29. The highest BCUT2D eigenvalue weighted by Crippen LogP contribution is 2.19. The van der Waals surface area contributed by atoms with E-state index in [-0.39, 0.29) is 17.2 Å². The molecule has 0 aliphatic carbocycles. The first-order valence-electron chi connectivity index (χ1n) is 4.79. The van der Waals surface area contributed by atoms with Crippen molar-refractivity contribution in [3.8, 4) is 0 Å². The number of benzene rings is 1. The summed E-state index contributed by atoms with van der Waals surface area (Å²) in [4.78, 5) is 21.6. The van der Waals surface area contributed by atoms with Gasteiger partial charge < -0.3 is 15.5 Å². The van der Waals surface area contributed by atoms with Gasteiger partial charge in [-0.25, -0.2) is 9.59 Å². The van der Waals surface area contributed by atoms with Gasteiger partial charge in [0.1, 0.15) is 0 Å². The second kappa shape index (κ2) is 4.65. The number of hydrogen-bond acceptors (Lipinski definition) is 3. The van der Waals surface area contributed by atoms with Crippen molar-refractivity contribution >= 4 is 17.6 Å². The van der Waals surface area contributed by atoms with Gasteiger partial charge in [0.05, 0.1) is 11.1 Å². The first kappa shape index (κ1) is 12.0. The highest BCUT2D eigenvalue weighted by atomic mass is 16.4. The van der Waals surface area contributed by atoms with E-state index < -0.39 is 11.9 Å². The first-order chi connectivity index (χ1) is 7.41. The lowest BCUT2D eigenvalue weighted by molar-refractivity contribution is 0.0682. The van der Waals surface area contributed by atoms with E-state index >= 15 is 0 Å². The van der Waals surface area contributed by atoms with Crippen molar-refractivity contribution in [2.45, 2.75) is 19.9 Å². The maximum Gasteiger partial charge on any atom is 0.337 e. The minimum absolute atomic E-state index is 0.0298. The summed E-state index contributed by atoms with van der Waals surface area (Å²) in [5, 5.41) is 20.6. The minimum Gasteiger partial charge on any atom is -0.478 e. The summed E-state index contributed by atoms with van der Waals surface area (Å²) in [5.41, 5.74) is 0.453. The smallest absolute Gasteiger partial charge is 0.337 e. The highest BCUT2D eigenvalue weighted by molar-refractivity contribution is 5.97. The normalized spacial score (nSPS) is 10.2. The largest absolute Gasteiger partial charge is 0.478 e. The lowest BCUT2D eigenvalue weighted by Gasteiger charge is -2.13. The van der Waals surface area contributed by atoms with Crippen LogP contribution in [-0.2, 0) is 0 Å². The lowest BCUT2D eigenvalue weighted by atomic mass is 10.1. The van der Waals surface area contributed by atoms with Crippen LogP contribution in [0.25, 0.3) is 0 Å². The topological polar surface area (TPSA) is 86.6 Å². The molecule has 0 radical (unpaired) electrons. The van der Waals surface area contributed by atoms with Crippen molar-refractivity contribution in [1.29, 1.82) is 0 Å². The van der Waals surface area contributed by atoms with Gasteiger partial charge in [0.2, 0.25) is 0 Å². The fraction of sp³-hybridized carbons (Fsp3) is 0.273. The van der Waals surface area contributed by atoms with E-state index in [1.807, 2.05) is 13.8 Å². The van der Waals surface area contributed by atoms with Crippen LogP contribution in [0, 0.1) is 0 Å². The fourth-order valence-corrected chi connectivity index (χ4v) is 1.29. The molecule has 1 aromatic rings. The third kappa shape index (κ3) is 2.73. The molecule has 0 saturated carbocycles. The van der Waals surface area contributed by atoms with Crippen LogP contribution in [-0.4, -0.2) is 28.2 Å². The van der Waals surface area contributed by atoms with E-state index in [2.05, 4.69) is 5.32 Å². The Kier molecular flexibility index (Phi) is 3.50. The molecule has 0 bridgehead atoms. The van der Waals surface area contributed by atoms with Crippen molar-refractivity contribution in [1.82, 2.24) is 0 Å². The SMILES string of the molecule is CC(C)Nc1cc(C(=O)O)ccc1C(=O)O. The number of nitrogens with one attached hydrogen (secondary N) is 1. The molecule has 3 N–H and O–H groups in total. The summed E-state index contributed by atoms with van der Waals surface area (Å²) in [6, 6.07) is 3.92. The molecule has 0 spiro atoms. The van der Waals surface area contributed by atoms with Gasteiger partial charge in [-0.15, -0.1) is 0 Å². The number of carbonyl (C=O) groups is 2. The van der Waals surface area contributed by atoms with Crippen LogP contribution in [0.1, 0.15) is 34.6 Å². The van der Waals surface area contributed by atoms with Gasteiger partial charge in [0, 0.05) is 11.7 Å². The summed E-state index contributed by atoms with van der Waals surface area (Å²) in [7, 11) is 0. The number of carboxylic acid groups (broad SMARTS) is 2. The number of aromatic carboxylic acids is 2. The van der Waals surface area contributed by atoms with E-state index in [4.69, 9.17) is 10.2 Å². The molecular weight excluding hydrogens is 210 g/mol. The predicted octanol–water partition coefficient (Wildman–Crippen LogP) is 1.90. The van der Waals surface area contributed by atoms with Crippen molar-refractivity contribution in [2.75, 3.05) is 5.32 Å². The summed E-state index contributed by atoms with van der Waals surface area (Å²) < 4.78 is 0. The maximum absolute atomic E-state index is 10.9. The van der Waals surface area contributed by atoms with Crippen LogP contribution in [0.15, 0.2) is 18.2 Å². The Balaban J connectivity index is 3.21. The second-order valence-corrected chi connectivity index (χ2v) is 3.67. The molecule has 0 fully saturated rings. The summed E-state index contributed by atoms with van der Waals surface area (Å²) >= 11 is 0. The van der Waals surface area contributed by atoms with E-state index in [9.17, 15) is 9.59 Å². The van der Waals surface area contributed by atoms with Gasteiger partial charge >= 0.3 is 11.9 Å². The molecule has 0 unspecified atom stereocenters. The van der Waals surface area contributed by atoms with Crippen molar-refractivity contribution in [2.24, 2.45) is 0 Å². The van der Waals surface area contributed by atoms with Crippen LogP contribution < -0.4 is 5.32 Å². The van der Waals surface area contributed by atoms with E-state index in [1.165, 1.54) is 18.2 Å². The summed E-state index contributed by atoms with van der Waals surface area (Å²) in [6.07, 6.45) is 0. The number of rotatable bonds is 4. The summed E-state index contributed by atoms with van der Waals surface area (Å²) in [6.45, 7) is 3.69. The van der Waals surface area contributed by atoms with Gasteiger partial charge in [-0.3, -0.25) is 0 Å². The molecule has 0 aliphatic rings. The quantitative estimate of drug-likeness (QED) is 0.725. The minimum atomic E-state index is -1.08. The van der Waals surface area contributed by atoms with Crippen LogP contribution in [0.5, 0.6) is 0 Å². The van der Waals surface area contributed by atoms with Gasteiger partial charge in [0.25, 0.3) is 0 Å². The monoisotopic (exact) mass is 223 g/mol. The van der Waals surface area contributed by atoms with Crippen molar-refractivity contribution in [3.63, 3.8) is 0 Å². The molecule has 0 aromatic heterocycles. The Hall–Kier alpha value is -2.04. The molecule has 5 nitrogen and oxygen atoms in total. The summed E-state index contributed by atoms with van der Waals surface area (Å²) in [5.74, 6) is -2.16. The van der Waals surface area contributed by atoms with Crippen LogP contribution in [0.3, 0.4) is 0 Å². The van der Waals surface area contributed by atoms with E-state index in [0.29, 0.717) is 5.69 Å². The number of anilines is 1. The van der Waals surface area contributed by atoms with Gasteiger partial charge in [0.15, 0.2) is 0 Å². The third-order valence-corrected chi connectivity index (χ3v) is 1.94. The lowest BCUT2D eigenvalue weighted by Crippen LogP contribution is -2.14. The molecule has 0 saturated heterocycles. The molecule has 86 valence electrons. The number of carboxylic acids is 2. The molecule has 0 atom stereocenters. The molecule has 0 amide bonds. The average molecular weight is 223 g/mol. The molecule has 1 aromatic carbocycles. The van der Waals surface area contributed by atoms with Gasteiger partial charge in [-0.1, -0.05) is 0 Å². The van der Waals surface area contributed by atoms with Crippen LogP contribution >= 0.6 is 0 Å². The Morgan fingerprint density at radius 2 is 1.81 bits per heavy atom. The van der Waals surface area contributed by atoms with E-state index in [1.54, 1.807) is 0 Å². The predicted molar refractivity (Wildman–Crippen MR) is 59.1 cm³/mol. The standard InChI is InChI=1S/C11H13NO4/c1-6(2)12-9-5-7(10(13)14)3-4-8(9)11(15)16/h3-6,12H,1-2H3,(H,13,14)(H,15,16). The Morgan fingerprint density at radius 3 is 2.25 bits per heavy atom. The molecule has 0 aliphatic heterocycles. The van der Waals surface area contributed by atoms with Crippen molar-refractivity contribution < 1.29 is 19.8 Å². The zero-order valence-corrected chi connectivity index (χ0v) is 9.02. The molecule has 0 heterocycles. The highest BCUT2D eigenvalue weighted by Gasteiger charge is 2.13. The Bertz CT molecular complexity index is 426. The third-order valence-electron chi connectivity index (χ3n) is 1.94. The van der Waals surface area contributed by atoms with Crippen molar-refractivity contribution in [3.05, 3.63) is 29.3 Å². The second-order valence-electron chi connectivity index (χ2n) is 3.67. The number of hydrogen-bond donors (Lipinski definition) is 3. The van der Waals surface area contributed by atoms with Gasteiger partial charge in [-0.2, -0.15) is 0 Å². The van der Waals surface area contributed by atoms with Gasteiger partial charge in [-0.05, 0) is 32.0 Å². The Labute approximate surface area is 92.7 Å². The Morgan fingerprint density at radius 1 is 1.19 bits per heavy atom. The van der Waals surface area contributed by atoms with Crippen LogP contribution in [0.2, 0.25) is 0 Å². The first-order valence-corrected chi connectivity index (χ1v) is 4.79. The van der Waals surface area contributed by atoms with E-state index in [0.717, 1.165) is 0 Å². The van der Waals surface area contributed by atoms with Crippen LogP contribution in [0.4, 0.5) is 5.69 Å². The zero-order chi connectivity index (χ0) is 12.3. The molecule has 1 rings (SSSR count). The maximum atomic E-state index is 10.9. The molecule has 5 heteroatoms. The molecular formula is C11H13NO4. The molecule has 16 heavy (non-hydrogen) atoms. The average Bonchev–Trinajstić information content (AvgIpc) is 2.15.